The van der Waals surface area contributed by atoms with Crippen LogP contribution in [0.5, 0.6) is 0 Å². The molecule has 0 spiro atoms. The van der Waals surface area contributed by atoms with Gasteiger partial charge in [0, 0.05) is 13.2 Å². The van der Waals surface area contributed by atoms with E-state index in [4.69, 9.17) is 16.0 Å². The predicted octanol–water partition coefficient (Wildman–Crippen LogP) is 1.47. The van der Waals surface area contributed by atoms with Gasteiger partial charge in [0.25, 0.3) is 0 Å². The fourth-order valence-electron chi connectivity index (χ4n) is 1.75. The molecule has 0 bridgehead atoms. The van der Waals surface area contributed by atoms with Crippen LogP contribution in [-0.4, -0.2) is 33.3 Å². The maximum Gasteiger partial charge on any atom is 0.242 e. The van der Waals surface area contributed by atoms with Gasteiger partial charge in [-0.05, 0) is 25.1 Å². The third-order valence-corrected chi connectivity index (χ3v) is 6.00. The summed E-state index contributed by atoms with van der Waals surface area (Å²) in [4.78, 5) is -0.492. The molecule has 1 N–H and O–H groups in total. The van der Waals surface area contributed by atoms with Crippen molar-refractivity contribution in [3.63, 3.8) is 0 Å². The maximum atomic E-state index is 12.4. The number of aryl methyl sites for hydroxylation is 1. The molecule has 23 heavy (non-hydrogen) atoms. The van der Waals surface area contributed by atoms with E-state index in [-0.39, 0.29) is 20.7 Å². The van der Waals surface area contributed by atoms with E-state index in [1.54, 1.807) is 6.92 Å². The first kappa shape index (κ1) is 17.9. The smallest absolute Gasteiger partial charge is 0.242 e. The van der Waals surface area contributed by atoms with Crippen molar-refractivity contribution in [1.29, 1.82) is 0 Å². The second-order valence-electron chi connectivity index (χ2n) is 4.87. The molecule has 0 aliphatic carbocycles. The largest absolute Gasteiger partial charge is 0.424 e. The molecule has 2 aromatic rings. The number of aromatic nitrogens is 2. The molecule has 1 aromatic carbocycles. The van der Waals surface area contributed by atoms with E-state index in [2.05, 4.69) is 14.9 Å². The zero-order valence-corrected chi connectivity index (χ0v) is 14.8. The fourth-order valence-corrected chi connectivity index (χ4v) is 4.20. The Morgan fingerprint density at radius 1 is 1.22 bits per heavy atom. The average Bonchev–Trinajstić information content (AvgIpc) is 2.84. The zero-order valence-electron chi connectivity index (χ0n) is 12.4. The second-order valence-corrected chi connectivity index (χ2v) is 8.97. The highest BCUT2D eigenvalue weighted by molar-refractivity contribution is 7.91. The van der Waals surface area contributed by atoms with Gasteiger partial charge in [0.1, 0.15) is 4.90 Å². The Balaban J connectivity index is 2.40. The fraction of sp³-hybridized carbons (Fsp3) is 0.333. The van der Waals surface area contributed by atoms with Crippen LogP contribution in [0.15, 0.2) is 32.4 Å². The number of hydrogen-bond donors (Lipinski definition) is 1. The van der Waals surface area contributed by atoms with Crippen LogP contribution < -0.4 is 4.72 Å². The summed E-state index contributed by atoms with van der Waals surface area (Å²) in [6.45, 7) is 3.09. The van der Waals surface area contributed by atoms with Crippen LogP contribution in [0, 0.1) is 6.92 Å². The van der Waals surface area contributed by atoms with Gasteiger partial charge in [-0.1, -0.05) is 11.6 Å². The summed E-state index contributed by atoms with van der Waals surface area (Å²) in [5.41, 5.74) is 0. The van der Waals surface area contributed by atoms with Crippen molar-refractivity contribution in [2.45, 2.75) is 29.7 Å². The molecule has 0 amide bonds. The van der Waals surface area contributed by atoms with Crippen LogP contribution in [0.2, 0.25) is 5.02 Å². The first-order valence-electron chi connectivity index (χ1n) is 6.32. The van der Waals surface area contributed by atoms with Crippen LogP contribution in [0.25, 0.3) is 0 Å². The highest BCUT2D eigenvalue weighted by Gasteiger charge is 2.25. The number of sulfone groups is 1. The Kier molecular flexibility index (Phi) is 4.81. The quantitative estimate of drug-likeness (QED) is 0.835. The van der Waals surface area contributed by atoms with Gasteiger partial charge in [0.15, 0.2) is 9.84 Å². The maximum absolute atomic E-state index is 12.4. The second kappa shape index (κ2) is 6.19. The van der Waals surface area contributed by atoms with E-state index < -0.39 is 25.9 Å². The Morgan fingerprint density at radius 2 is 1.87 bits per heavy atom. The van der Waals surface area contributed by atoms with Crippen LogP contribution in [0.3, 0.4) is 0 Å². The minimum atomic E-state index is -4.09. The predicted molar refractivity (Wildman–Crippen MR) is 82.3 cm³/mol. The molecule has 1 aromatic heterocycles. The Bertz CT molecular complexity index is 937. The first-order chi connectivity index (χ1) is 10.5. The molecule has 0 saturated carbocycles. The standard InChI is InChI=1S/C12H14ClN3O5S2/c1-7(12-15-14-8(2)21-12)16-23(19,20)11-6-9(22(3,17)18)4-5-10(11)13/h4-7,16H,1-3H3/t7-/m1/s1. The molecular weight excluding hydrogens is 366 g/mol. The van der Waals surface area contributed by atoms with Gasteiger partial charge in [-0.2, -0.15) is 4.72 Å². The van der Waals surface area contributed by atoms with E-state index in [0.717, 1.165) is 12.3 Å². The van der Waals surface area contributed by atoms with Gasteiger partial charge in [-0.25, -0.2) is 16.8 Å². The van der Waals surface area contributed by atoms with Gasteiger partial charge in [-0.15, -0.1) is 10.2 Å². The summed E-state index contributed by atoms with van der Waals surface area (Å²) in [7, 11) is -7.66. The van der Waals surface area contributed by atoms with Crippen molar-refractivity contribution in [1.82, 2.24) is 14.9 Å². The van der Waals surface area contributed by atoms with Crippen molar-refractivity contribution in [2.75, 3.05) is 6.26 Å². The van der Waals surface area contributed by atoms with Gasteiger partial charge >= 0.3 is 0 Å². The van der Waals surface area contributed by atoms with Crippen molar-refractivity contribution >= 4 is 31.5 Å². The summed E-state index contributed by atoms with van der Waals surface area (Å²) in [6.07, 6.45) is 0.976. The molecule has 8 nitrogen and oxygen atoms in total. The first-order valence-corrected chi connectivity index (χ1v) is 10.1. The highest BCUT2D eigenvalue weighted by atomic mass is 35.5. The van der Waals surface area contributed by atoms with Gasteiger partial charge in [-0.3, -0.25) is 0 Å². The summed E-state index contributed by atoms with van der Waals surface area (Å²) >= 11 is 5.90. The SMILES string of the molecule is Cc1nnc([C@@H](C)NS(=O)(=O)c2cc(S(C)(=O)=O)ccc2Cl)o1. The van der Waals surface area contributed by atoms with Gasteiger partial charge in [0.2, 0.25) is 21.8 Å². The van der Waals surface area contributed by atoms with E-state index >= 15 is 0 Å². The van der Waals surface area contributed by atoms with E-state index in [1.807, 2.05) is 0 Å². The molecule has 1 atom stereocenters. The Labute approximate surface area is 138 Å². The van der Waals surface area contributed by atoms with Gasteiger partial charge < -0.3 is 4.42 Å². The normalized spacial score (nSPS) is 13.9. The lowest BCUT2D eigenvalue weighted by Crippen LogP contribution is -2.27. The van der Waals surface area contributed by atoms with Crippen LogP contribution >= 0.6 is 11.6 Å². The summed E-state index contributed by atoms with van der Waals surface area (Å²) in [5.74, 6) is 0.379. The van der Waals surface area contributed by atoms with E-state index in [1.165, 1.54) is 19.1 Å². The van der Waals surface area contributed by atoms with E-state index in [9.17, 15) is 16.8 Å². The van der Waals surface area contributed by atoms with Crippen molar-refractivity contribution in [3.8, 4) is 0 Å². The number of hydrogen-bond acceptors (Lipinski definition) is 7. The number of nitrogens with one attached hydrogen (secondary N) is 1. The topological polar surface area (TPSA) is 119 Å². The van der Waals surface area contributed by atoms with E-state index in [0.29, 0.717) is 5.89 Å². The Hall–Kier alpha value is -1.49. The molecular formula is C12H14ClN3O5S2. The lowest BCUT2D eigenvalue weighted by Gasteiger charge is -2.12. The number of sulfonamides is 1. The molecule has 11 heteroatoms. The van der Waals surface area contributed by atoms with Crippen LogP contribution in [0.4, 0.5) is 0 Å². The summed E-state index contributed by atoms with van der Waals surface area (Å²) in [6, 6.07) is 2.65. The molecule has 0 fully saturated rings. The van der Waals surface area contributed by atoms with Gasteiger partial charge in [0.05, 0.1) is 16.0 Å². The zero-order chi connectivity index (χ0) is 17.4. The van der Waals surface area contributed by atoms with Crippen molar-refractivity contribution < 1.29 is 21.3 Å². The monoisotopic (exact) mass is 379 g/mol. The minimum absolute atomic E-state index is 0.0847. The molecule has 126 valence electrons. The number of halogens is 1. The minimum Gasteiger partial charge on any atom is -0.424 e. The van der Waals surface area contributed by atoms with Crippen LogP contribution in [-0.2, 0) is 19.9 Å². The highest BCUT2D eigenvalue weighted by Crippen LogP contribution is 2.26. The average molecular weight is 380 g/mol. The van der Waals surface area contributed by atoms with Crippen molar-refractivity contribution in [3.05, 3.63) is 35.0 Å². The molecule has 0 radical (unpaired) electrons. The molecule has 0 aliphatic heterocycles. The summed E-state index contributed by atoms with van der Waals surface area (Å²) in [5, 5.41) is 7.25. The third-order valence-electron chi connectivity index (χ3n) is 2.86. The molecule has 0 unspecified atom stereocenters. The number of nitrogens with zero attached hydrogens (tertiary/aromatic N) is 2. The Morgan fingerprint density at radius 3 is 2.39 bits per heavy atom. The summed E-state index contributed by atoms with van der Waals surface area (Å²) < 4.78 is 55.5. The molecule has 0 saturated heterocycles. The number of rotatable bonds is 5. The van der Waals surface area contributed by atoms with Crippen molar-refractivity contribution in [2.24, 2.45) is 0 Å². The lowest BCUT2D eigenvalue weighted by molar-refractivity contribution is 0.426. The molecule has 2 rings (SSSR count). The molecule has 0 aliphatic rings. The lowest BCUT2D eigenvalue weighted by atomic mass is 10.4. The van der Waals surface area contributed by atoms with Crippen LogP contribution in [0.1, 0.15) is 24.7 Å². The molecule has 1 heterocycles. The number of benzene rings is 1. The third kappa shape index (κ3) is 4.08.